The standard InChI is InChI=1S/C8H9NO2.C5H10O/c9-8(10)11-6-7-4-2-1-3-5-7;6-5-3-1-2-4-5/h1-5H,6H2,(H2,9,10);5-6H,1-4H2. The average molecular weight is 237 g/mol. The highest BCUT2D eigenvalue weighted by molar-refractivity contribution is 5.64. The Kier molecular flexibility index (Phi) is 6.10. The first-order valence-corrected chi connectivity index (χ1v) is 5.82. The van der Waals surface area contributed by atoms with Crippen molar-refractivity contribution in [2.24, 2.45) is 5.73 Å². The molecule has 1 amide bonds. The highest BCUT2D eigenvalue weighted by Gasteiger charge is 2.09. The molecule has 0 aliphatic heterocycles. The summed E-state index contributed by atoms with van der Waals surface area (Å²) >= 11 is 0. The van der Waals surface area contributed by atoms with Crippen molar-refractivity contribution in [2.75, 3.05) is 0 Å². The molecule has 1 aliphatic carbocycles. The molecule has 1 saturated carbocycles. The summed E-state index contributed by atoms with van der Waals surface area (Å²) in [6.07, 6.45) is 3.86. The number of nitrogens with two attached hydrogens (primary N) is 1. The van der Waals surface area contributed by atoms with Crippen molar-refractivity contribution in [3.8, 4) is 0 Å². The Morgan fingerprint density at radius 2 is 1.88 bits per heavy atom. The van der Waals surface area contributed by atoms with E-state index in [-0.39, 0.29) is 12.7 Å². The molecular weight excluding hydrogens is 218 g/mol. The molecule has 94 valence electrons. The molecular formula is C13H19NO3. The summed E-state index contributed by atoms with van der Waals surface area (Å²) in [5, 5.41) is 8.73. The van der Waals surface area contributed by atoms with Crippen LogP contribution in [0.3, 0.4) is 0 Å². The van der Waals surface area contributed by atoms with Crippen molar-refractivity contribution in [2.45, 2.75) is 38.4 Å². The lowest BCUT2D eigenvalue weighted by Crippen LogP contribution is -2.12. The van der Waals surface area contributed by atoms with Gasteiger partial charge in [-0.2, -0.15) is 0 Å². The largest absolute Gasteiger partial charge is 0.445 e. The van der Waals surface area contributed by atoms with Crippen LogP contribution in [0.15, 0.2) is 30.3 Å². The zero-order valence-corrected chi connectivity index (χ0v) is 9.84. The fourth-order valence-electron chi connectivity index (χ4n) is 1.63. The van der Waals surface area contributed by atoms with Crippen LogP contribution in [0.4, 0.5) is 4.79 Å². The smallest absolute Gasteiger partial charge is 0.404 e. The fraction of sp³-hybridized carbons (Fsp3) is 0.462. The Balaban J connectivity index is 0.000000202. The predicted molar refractivity (Wildman–Crippen MR) is 65.3 cm³/mol. The molecule has 1 aromatic carbocycles. The van der Waals surface area contributed by atoms with Gasteiger partial charge in [-0.25, -0.2) is 4.79 Å². The maximum Gasteiger partial charge on any atom is 0.404 e. The minimum absolute atomic E-state index is 0.0463. The zero-order chi connectivity index (χ0) is 12.5. The van der Waals surface area contributed by atoms with Crippen molar-refractivity contribution in [3.05, 3.63) is 35.9 Å². The molecule has 0 saturated heterocycles. The van der Waals surface area contributed by atoms with E-state index >= 15 is 0 Å². The first-order chi connectivity index (χ1) is 8.18. The van der Waals surface area contributed by atoms with Crippen LogP contribution in [0.2, 0.25) is 0 Å². The molecule has 2 rings (SSSR count). The molecule has 1 aromatic rings. The molecule has 0 heterocycles. The van der Waals surface area contributed by atoms with Crippen molar-refractivity contribution in [3.63, 3.8) is 0 Å². The van der Waals surface area contributed by atoms with E-state index in [1.165, 1.54) is 12.8 Å². The van der Waals surface area contributed by atoms with Gasteiger partial charge >= 0.3 is 6.09 Å². The first kappa shape index (κ1) is 13.5. The molecule has 1 fully saturated rings. The molecule has 0 aromatic heterocycles. The Bertz CT molecular complexity index is 321. The summed E-state index contributed by atoms with van der Waals surface area (Å²) in [6.45, 7) is 0.246. The van der Waals surface area contributed by atoms with E-state index < -0.39 is 6.09 Å². The molecule has 0 unspecified atom stereocenters. The van der Waals surface area contributed by atoms with Gasteiger partial charge in [-0.15, -0.1) is 0 Å². The number of hydrogen-bond donors (Lipinski definition) is 2. The van der Waals surface area contributed by atoms with Gasteiger partial charge in [-0.1, -0.05) is 43.2 Å². The van der Waals surface area contributed by atoms with Gasteiger partial charge in [0.15, 0.2) is 0 Å². The average Bonchev–Trinajstić information content (AvgIpc) is 2.80. The van der Waals surface area contributed by atoms with Gasteiger partial charge in [0, 0.05) is 0 Å². The third-order valence-corrected chi connectivity index (χ3v) is 2.55. The van der Waals surface area contributed by atoms with Gasteiger partial charge in [-0.05, 0) is 18.4 Å². The Morgan fingerprint density at radius 3 is 2.29 bits per heavy atom. The SMILES string of the molecule is NC(=O)OCc1ccccc1.OC1CCCC1. The summed E-state index contributed by atoms with van der Waals surface area (Å²) in [7, 11) is 0. The highest BCUT2D eigenvalue weighted by atomic mass is 16.5. The van der Waals surface area contributed by atoms with Crippen molar-refractivity contribution in [1.29, 1.82) is 0 Å². The van der Waals surface area contributed by atoms with Crippen molar-refractivity contribution >= 4 is 6.09 Å². The van der Waals surface area contributed by atoms with Gasteiger partial charge < -0.3 is 15.6 Å². The molecule has 3 N–H and O–H groups in total. The van der Waals surface area contributed by atoms with Gasteiger partial charge in [0.2, 0.25) is 0 Å². The van der Waals surface area contributed by atoms with E-state index in [2.05, 4.69) is 4.74 Å². The van der Waals surface area contributed by atoms with Gasteiger partial charge in [0.25, 0.3) is 0 Å². The van der Waals surface area contributed by atoms with Crippen molar-refractivity contribution < 1.29 is 14.6 Å². The van der Waals surface area contributed by atoms with E-state index in [0.717, 1.165) is 18.4 Å². The van der Waals surface area contributed by atoms with Crippen LogP contribution in [0.25, 0.3) is 0 Å². The van der Waals surface area contributed by atoms with Crippen LogP contribution in [0.1, 0.15) is 31.2 Å². The second kappa shape index (κ2) is 7.68. The Morgan fingerprint density at radius 1 is 1.29 bits per heavy atom. The summed E-state index contributed by atoms with van der Waals surface area (Å²) < 4.78 is 4.57. The summed E-state index contributed by atoms with van der Waals surface area (Å²) in [6, 6.07) is 9.37. The predicted octanol–water partition coefficient (Wildman–Crippen LogP) is 2.20. The quantitative estimate of drug-likeness (QED) is 0.828. The molecule has 0 radical (unpaired) electrons. The number of amides is 1. The van der Waals surface area contributed by atoms with E-state index in [1.807, 2.05) is 30.3 Å². The topological polar surface area (TPSA) is 72.6 Å². The van der Waals surface area contributed by atoms with Gasteiger partial charge in [-0.3, -0.25) is 0 Å². The number of aliphatic hydroxyl groups is 1. The van der Waals surface area contributed by atoms with Crippen LogP contribution in [0.5, 0.6) is 0 Å². The molecule has 4 heteroatoms. The second-order valence-corrected chi connectivity index (χ2v) is 4.03. The van der Waals surface area contributed by atoms with Crippen LogP contribution in [-0.2, 0) is 11.3 Å². The second-order valence-electron chi connectivity index (χ2n) is 4.03. The van der Waals surface area contributed by atoms with Crippen LogP contribution >= 0.6 is 0 Å². The number of ether oxygens (including phenoxy) is 1. The summed E-state index contributed by atoms with van der Waals surface area (Å²) in [5.41, 5.74) is 5.72. The molecule has 4 nitrogen and oxygen atoms in total. The minimum atomic E-state index is -0.742. The molecule has 0 bridgehead atoms. The van der Waals surface area contributed by atoms with Crippen LogP contribution in [-0.4, -0.2) is 17.3 Å². The minimum Gasteiger partial charge on any atom is -0.445 e. The molecule has 0 spiro atoms. The van der Waals surface area contributed by atoms with Crippen molar-refractivity contribution in [1.82, 2.24) is 0 Å². The van der Waals surface area contributed by atoms with E-state index in [4.69, 9.17) is 10.8 Å². The first-order valence-electron chi connectivity index (χ1n) is 5.82. The number of carbonyl (C=O) groups is 1. The number of rotatable bonds is 2. The Hall–Kier alpha value is -1.55. The third kappa shape index (κ3) is 6.58. The molecule has 0 atom stereocenters. The van der Waals surface area contributed by atoms with Gasteiger partial charge in [0.05, 0.1) is 6.10 Å². The number of hydrogen-bond acceptors (Lipinski definition) is 3. The lowest BCUT2D eigenvalue weighted by molar-refractivity contribution is 0.150. The number of carbonyl (C=O) groups excluding carboxylic acids is 1. The van der Waals surface area contributed by atoms with E-state index in [9.17, 15) is 4.79 Å². The third-order valence-electron chi connectivity index (χ3n) is 2.55. The van der Waals surface area contributed by atoms with Crippen LogP contribution in [0, 0.1) is 0 Å². The monoisotopic (exact) mass is 237 g/mol. The normalized spacial score (nSPS) is 14.9. The number of benzene rings is 1. The van der Waals surface area contributed by atoms with E-state index in [0.29, 0.717) is 0 Å². The van der Waals surface area contributed by atoms with Crippen LogP contribution < -0.4 is 5.73 Å². The maximum absolute atomic E-state index is 10.2. The molecule has 1 aliphatic rings. The number of aliphatic hydroxyl groups excluding tert-OH is 1. The lowest BCUT2D eigenvalue weighted by atomic mass is 10.2. The fourth-order valence-corrected chi connectivity index (χ4v) is 1.63. The lowest BCUT2D eigenvalue weighted by Gasteiger charge is -1.99. The maximum atomic E-state index is 10.2. The summed E-state index contributed by atoms with van der Waals surface area (Å²) in [5.74, 6) is 0. The Labute approximate surface area is 101 Å². The summed E-state index contributed by atoms with van der Waals surface area (Å²) in [4.78, 5) is 10.2. The van der Waals surface area contributed by atoms with E-state index in [1.54, 1.807) is 0 Å². The van der Waals surface area contributed by atoms with Gasteiger partial charge in [0.1, 0.15) is 6.61 Å². The highest BCUT2D eigenvalue weighted by Crippen LogP contribution is 2.16. The zero-order valence-electron chi connectivity index (χ0n) is 9.84. The number of primary amides is 1. The molecule has 17 heavy (non-hydrogen) atoms.